The minimum atomic E-state index is -0.535. The zero-order valence-corrected chi connectivity index (χ0v) is 16.4. The van der Waals surface area contributed by atoms with Crippen molar-refractivity contribution in [2.75, 3.05) is 33.3 Å². The lowest BCUT2D eigenvalue weighted by atomic mass is 10.1. The van der Waals surface area contributed by atoms with Gasteiger partial charge in [0.25, 0.3) is 5.91 Å². The highest BCUT2D eigenvalue weighted by Crippen LogP contribution is 2.28. The molecule has 3 rings (SSSR count). The van der Waals surface area contributed by atoms with E-state index in [2.05, 4.69) is 23.1 Å². The van der Waals surface area contributed by atoms with Crippen LogP contribution in [0.3, 0.4) is 0 Å². The van der Waals surface area contributed by atoms with Gasteiger partial charge in [0.15, 0.2) is 5.75 Å². The number of aryl methyl sites for hydroxylation is 2. The number of hydrogen-bond acceptors (Lipinski definition) is 6. The predicted octanol–water partition coefficient (Wildman–Crippen LogP) is 2.09. The Labute approximate surface area is 163 Å². The SMILES string of the molecule is CCn1cc(CN2CCN(C(=O)c3ccc(OC)c([N+](=O)[O-])c3)CC2)c(C)n1. The van der Waals surface area contributed by atoms with Crippen molar-refractivity contribution >= 4 is 11.6 Å². The zero-order valence-electron chi connectivity index (χ0n) is 16.4. The first-order chi connectivity index (χ1) is 13.4. The molecule has 0 radical (unpaired) electrons. The molecule has 0 atom stereocenters. The molecular formula is C19H25N5O4. The number of carbonyl (C=O) groups excluding carboxylic acids is 1. The number of carbonyl (C=O) groups is 1. The standard InChI is InChI=1S/C19H25N5O4/c1-4-23-13-16(14(2)20-23)12-21-7-9-22(10-8-21)19(25)15-5-6-18(28-3)17(11-15)24(26)27/h5-6,11,13H,4,7-10,12H2,1-3H3. The number of hydrogen-bond donors (Lipinski definition) is 0. The topological polar surface area (TPSA) is 93.7 Å². The molecule has 0 spiro atoms. The molecule has 2 aromatic rings. The molecule has 0 bridgehead atoms. The third-order valence-electron chi connectivity index (χ3n) is 5.05. The quantitative estimate of drug-likeness (QED) is 0.556. The molecule has 1 aromatic carbocycles. The number of rotatable bonds is 6. The number of aromatic nitrogens is 2. The van der Waals surface area contributed by atoms with Crippen LogP contribution in [0.4, 0.5) is 5.69 Å². The summed E-state index contributed by atoms with van der Waals surface area (Å²) in [5, 5.41) is 15.7. The van der Waals surface area contributed by atoms with E-state index in [0.29, 0.717) is 18.7 Å². The molecule has 150 valence electrons. The third-order valence-corrected chi connectivity index (χ3v) is 5.05. The average Bonchev–Trinajstić information content (AvgIpc) is 3.07. The first kappa shape index (κ1) is 19.8. The predicted molar refractivity (Wildman–Crippen MR) is 103 cm³/mol. The Morgan fingerprint density at radius 2 is 2.00 bits per heavy atom. The average molecular weight is 387 g/mol. The second-order valence-corrected chi connectivity index (χ2v) is 6.81. The van der Waals surface area contributed by atoms with E-state index in [1.165, 1.54) is 24.8 Å². The Hall–Kier alpha value is -2.94. The van der Waals surface area contributed by atoms with Gasteiger partial charge in [0, 0.05) is 62.7 Å². The smallest absolute Gasteiger partial charge is 0.311 e. The third kappa shape index (κ3) is 4.14. The van der Waals surface area contributed by atoms with Crippen molar-refractivity contribution in [2.24, 2.45) is 0 Å². The van der Waals surface area contributed by atoms with E-state index in [-0.39, 0.29) is 17.3 Å². The molecule has 9 heteroatoms. The van der Waals surface area contributed by atoms with Crippen LogP contribution in [-0.2, 0) is 13.1 Å². The van der Waals surface area contributed by atoms with Gasteiger partial charge in [0.2, 0.25) is 0 Å². The van der Waals surface area contributed by atoms with Gasteiger partial charge in [0.05, 0.1) is 17.7 Å². The molecule has 28 heavy (non-hydrogen) atoms. The number of nitro benzene ring substituents is 1. The van der Waals surface area contributed by atoms with E-state index in [1.807, 2.05) is 11.6 Å². The van der Waals surface area contributed by atoms with Crippen molar-refractivity contribution in [2.45, 2.75) is 26.9 Å². The fraction of sp³-hybridized carbons (Fsp3) is 0.474. The van der Waals surface area contributed by atoms with Crippen LogP contribution in [0, 0.1) is 17.0 Å². The fourth-order valence-corrected chi connectivity index (χ4v) is 3.37. The van der Waals surface area contributed by atoms with Crippen LogP contribution in [0.15, 0.2) is 24.4 Å². The summed E-state index contributed by atoms with van der Waals surface area (Å²) >= 11 is 0. The van der Waals surface area contributed by atoms with Crippen LogP contribution in [0.25, 0.3) is 0 Å². The summed E-state index contributed by atoms with van der Waals surface area (Å²) in [4.78, 5) is 27.5. The van der Waals surface area contributed by atoms with Gasteiger partial charge in [0.1, 0.15) is 0 Å². The lowest BCUT2D eigenvalue weighted by Crippen LogP contribution is -2.48. The van der Waals surface area contributed by atoms with E-state index in [1.54, 1.807) is 11.0 Å². The van der Waals surface area contributed by atoms with Gasteiger partial charge in [-0.05, 0) is 26.0 Å². The van der Waals surface area contributed by atoms with E-state index >= 15 is 0 Å². The lowest BCUT2D eigenvalue weighted by molar-refractivity contribution is -0.385. The Morgan fingerprint density at radius 3 is 2.57 bits per heavy atom. The number of nitrogens with zero attached hydrogens (tertiary/aromatic N) is 5. The molecule has 1 aromatic heterocycles. The van der Waals surface area contributed by atoms with Gasteiger partial charge in [-0.2, -0.15) is 5.10 Å². The van der Waals surface area contributed by atoms with E-state index in [9.17, 15) is 14.9 Å². The number of benzene rings is 1. The van der Waals surface area contributed by atoms with Crippen LogP contribution in [-0.4, -0.2) is 63.7 Å². The molecule has 0 saturated carbocycles. The molecule has 2 heterocycles. The maximum absolute atomic E-state index is 12.8. The molecule has 9 nitrogen and oxygen atoms in total. The van der Waals surface area contributed by atoms with Crippen molar-refractivity contribution in [3.05, 3.63) is 51.3 Å². The monoisotopic (exact) mass is 387 g/mol. The summed E-state index contributed by atoms with van der Waals surface area (Å²) < 4.78 is 6.93. The lowest BCUT2D eigenvalue weighted by Gasteiger charge is -2.34. The maximum atomic E-state index is 12.8. The van der Waals surface area contributed by atoms with Gasteiger partial charge >= 0.3 is 5.69 Å². The van der Waals surface area contributed by atoms with Crippen molar-refractivity contribution in [3.8, 4) is 5.75 Å². The largest absolute Gasteiger partial charge is 0.490 e. The van der Waals surface area contributed by atoms with Gasteiger partial charge in [-0.1, -0.05) is 0 Å². The minimum Gasteiger partial charge on any atom is -0.490 e. The van der Waals surface area contributed by atoms with Crippen LogP contribution in [0.1, 0.15) is 28.5 Å². The summed E-state index contributed by atoms with van der Waals surface area (Å²) in [5.41, 5.74) is 2.34. The van der Waals surface area contributed by atoms with Gasteiger partial charge < -0.3 is 9.64 Å². The van der Waals surface area contributed by atoms with Gasteiger partial charge in [-0.25, -0.2) is 0 Å². The molecule has 1 aliphatic heterocycles. The van der Waals surface area contributed by atoms with Crippen molar-refractivity contribution in [3.63, 3.8) is 0 Å². The van der Waals surface area contributed by atoms with E-state index in [0.717, 1.165) is 31.9 Å². The molecule has 0 unspecified atom stereocenters. The second-order valence-electron chi connectivity index (χ2n) is 6.81. The Balaban J connectivity index is 1.63. The fourth-order valence-electron chi connectivity index (χ4n) is 3.37. The van der Waals surface area contributed by atoms with Crippen LogP contribution < -0.4 is 4.74 Å². The van der Waals surface area contributed by atoms with Crippen molar-refractivity contribution < 1.29 is 14.5 Å². The Kier molecular flexibility index (Phi) is 5.93. The maximum Gasteiger partial charge on any atom is 0.311 e. The Bertz CT molecular complexity index is 871. The summed E-state index contributed by atoms with van der Waals surface area (Å²) in [6, 6.07) is 4.33. The highest BCUT2D eigenvalue weighted by Gasteiger charge is 2.25. The number of methoxy groups -OCH3 is 1. The van der Waals surface area contributed by atoms with Crippen molar-refractivity contribution in [1.29, 1.82) is 0 Å². The van der Waals surface area contributed by atoms with E-state index < -0.39 is 4.92 Å². The molecule has 1 amide bonds. The van der Waals surface area contributed by atoms with Crippen LogP contribution in [0.5, 0.6) is 5.75 Å². The summed E-state index contributed by atoms with van der Waals surface area (Å²) in [6.45, 7) is 8.39. The number of ether oxygens (including phenoxy) is 1. The highest BCUT2D eigenvalue weighted by atomic mass is 16.6. The Morgan fingerprint density at radius 1 is 1.29 bits per heavy atom. The van der Waals surface area contributed by atoms with Crippen LogP contribution >= 0.6 is 0 Å². The first-order valence-electron chi connectivity index (χ1n) is 9.30. The second kappa shape index (κ2) is 8.39. The summed E-state index contributed by atoms with van der Waals surface area (Å²) in [6.07, 6.45) is 2.07. The number of nitro groups is 1. The normalized spacial score (nSPS) is 14.9. The minimum absolute atomic E-state index is 0.148. The molecule has 1 aliphatic rings. The number of piperazine rings is 1. The summed E-state index contributed by atoms with van der Waals surface area (Å²) in [5.74, 6) is -0.0465. The molecular weight excluding hydrogens is 362 g/mol. The van der Waals surface area contributed by atoms with E-state index in [4.69, 9.17) is 4.74 Å². The first-order valence-corrected chi connectivity index (χ1v) is 9.30. The molecule has 1 saturated heterocycles. The zero-order chi connectivity index (χ0) is 20.3. The number of amides is 1. The van der Waals surface area contributed by atoms with Gasteiger partial charge in [-0.3, -0.25) is 24.5 Å². The van der Waals surface area contributed by atoms with Gasteiger partial charge in [-0.15, -0.1) is 0 Å². The molecule has 1 fully saturated rings. The van der Waals surface area contributed by atoms with Crippen molar-refractivity contribution in [1.82, 2.24) is 19.6 Å². The summed E-state index contributed by atoms with van der Waals surface area (Å²) in [7, 11) is 1.37. The molecule has 0 aliphatic carbocycles. The van der Waals surface area contributed by atoms with Crippen LogP contribution in [0.2, 0.25) is 0 Å². The highest BCUT2D eigenvalue weighted by molar-refractivity contribution is 5.95. The molecule has 0 N–H and O–H groups in total.